The lowest BCUT2D eigenvalue weighted by Gasteiger charge is -2.17. The van der Waals surface area contributed by atoms with Crippen LogP contribution < -0.4 is 5.32 Å². The normalized spacial score (nSPS) is 11.4. The van der Waals surface area contributed by atoms with E-state index in [0.717, 1.165) is 5.56 Å². The fraction of sp³-hybridized carbons (Fsp3) is 0.462. The van der Waals surface area contributed by atoms with Crippen molar-refractivity contribution in [3.05, 3.63) is 33.8 Å². The summed E-state index contributed by atoms with van der Waals surface area (Å²) in [5, 5.41) is 4.02. The molecule has 4 heteroatoms. The highest BCUT2D eigenvalue weighted by Gasteiger charge is 2.15. The predicted molar refractivity (Wildman–Crippen MR) is 72.4 cm³/mol. The first-order valence-electron chi connectivity index (χ1n) is 5.48. The molecule has 1 amide bonds. The van der Waals surface area contributed by atoms with E-state index in [0.29, 0.717) is 23.0 Å². The van der Waals surface area contributed by atoms with Gasteiger partial charge in [0.25, 0.3) is 0 Å². The molecule has 17 heavy (non-hydrogen) atoms. The van der Waals surface area contributed by atoms with Crippen LogP contribution >= 0.6 is 23.2 Å². The molecule has 0 fully saturated rings. The molecule has 0 aliphatic rings. The predicted octanol–water partition coefficient (Wildman–Crippen LogP) is 4.05. The summed E-state index contributed by atoms with van der Waals surface area (Å²) in [7, 11) is 0. The molecule has 0 atom stereocenters. The molecule has 0 spiro atoms. The van der Waals surface area contributed by atoms with Gasteiger partial charge < -0.3 is 5.32 Å². The molecule has 1 aromatic rings. The molecule has 0 unspecified atom stereocenters. The van der Waals surface area contributed by atoms with Crippen LogP contribution in [0.3, 0.4) is 0 Å². The summed E-state index contributed by atoms with van der Waals surface area (Å²) in [5.41, 5.74) is 0.867. The van der Waals surface area contributed by atoms with Gasteiger partial charge in [0, 0.05) is 23.0 Å². The number of hydrogen-bond acceptors (Lipinski definition) is 1. The van der Waals surface area contributed by atoms with Gasteiger partial charge in [-0.1, -0.05) is 50.0 Å². The van der Waals surface area contributed by atoms with E-state index in [-0.39, 0.29) is 11.3 Å². The average molecular weight is 274 g/mol. The van der Waals surface area contributed by atoms with Gasteiger partial charge in [-0.05, 0) is 23.1 Å². The van der Waals surface area contributed by atoms with Gasteiger partial charge in [0.2, 0.25) is 5.91 Å². The molecule has 0 aliphatic heterocycles. The summed E-state index contributed by atoms with van der Waals surface area (Å²) in [6.07, 6.45) is 0.498. The molecular weight excluding hydrogens is 257 g/mol. The van der Waals surface area contributed by atoms with Crippen LogP contribution in [-0.2, 0) is 11.3 Å². The Labute approximate surface area is 112 Å². The van der Waals surface area contributed by atoms with Crippen molar-refractivity contribution in [3.63, 3.8) is 0 Å². The number of halogens is 2. The number of rotatable bonds is 3. The Morgan fingerprint density at radius 3 is 2.47 bits per heavy atom. The van der Waals surface area contributed by atoms with Crippen LogP contribution in [-0.4, -0.2) is 5.91 Å². The highest BCUT2D eigenvalue weighted by Crippen LogP contribution is 2.21. The third kappa shape index (κ3) is 5.42. The van der Waals surface area contributed by atoms with E-state index in [9.17, 15) is 4.79 Å². The van der Waals surface area contributed by atoms with Crippen LogP contribution in [0.5, 0.6) is 0 Å². The van der Waals surface area contributed by atoms with Crippen LogP contribution in [0.1, 0.15) is 32.8 Å². The molecular formula is C13H17Cl2NO. The van der Waals surface area contributed by atoms with E-state index >= 15 is 0 Å². The van der Waals surface area contributed by atoms with Crippen LogP contribution in [0.4, 0.5) is 0 Å². The monoisotopic (exact) mass is 273 g/mol. The van der Waals surface area contributed by atoms with Gasteiger partial charge in [0.15, 0.2) is 0 Å². The van der Waals surface area contributed by atoms with Gasteiger partial charge in [-0.25, -0.2) is 0 Å². The number of hydrogen-bond donors (Lipinski definition) is 1. The Balaban J connectivity index is 2.53. The minimum atomic E-state index is -0.00608. The van der Waals surface area contributed by atoms with E-state index in [2.05, 4.69) is 5.32 Å². The summed E-state index contributed by atoms with van der Waals surface area (Å²) in [6.45, 7) is 6.52. The van der Waals surface area contributed by atoms with Crippen molar-refractivity contribution < 1.29 is 4.79 Å². The van der Waals surface area contributed by atoms with Crippen molar-refractivity contribution in [2.24, 2.45) is 5.41 Å². The molecule has 0 aromatic heterocycles. The molecule has 0 bridgehead atoms. The van der Waals surface area contributed by atoms with Crippen molar-refractivity contribution >= 4 is 29.1 Å². The number of carbonyl (C=O) groups excluding carboxylic acids is 1. The first-order chi connectivity index (χ1) is 7.78. The van der Waals surface area contributed by atoms with Crippen LogP contribution in [0, 0.1) is 5.41 Å². The molecule has 1 rings (SSSR count). The van der Waals surface area contributed by atoms with Gasteiger partial charge in [0.05, 0.1) is 0 Å². The molecule has 0 radical (unpaired) electrons. The largest absolute Gasteiger partial charge is 0.352 e. The van der Waals surface area contributed by atoms with Crippen molar-refractivity contribution in [2.75, 3.05) is 0 Å². The maximum atomic E-state index is 11.6. The molecule has 1 aromatic carbocycles. The lowest BCUT2D eigenvalue weighted by Crippen LogP contribution is -2.27. The standard InChI is InChI=1S/C13H17Cl2NO/c1-13(2,3)7-12(17)16-8-9-4-5-10(14)6-11(9)15/h4-6H,7-8H2,1-3H3,(H,16,17). The summed E-state index contributed by atoms with van der Waals surface area (Å²) >= 11 is 11.8. The zero-order valence-electron chi connectivity index (χ0n) is 10.3. The second-order valence-corrected chi connectivity index (χ2v) is 6.09. The molecule has 0 saturated carbocycles. The summed E-state index contributed by atoms with van der Waals surface area (Å²) in [6, 6.07) is 5.26. The second kappa shape index (κ2) is 5.74. The highest BCUT2D eigenvalue weighted by atomic mass is 35.5. The molecule has 0 aliphatic carbocycles. The topological polar surface area (TPSA) is 29.1 Å². The first kappa shape index (κ1) is 14.3. The Morgan fingerprint density at radius 1 is 1.29 bits per heavy atom. The lowest BCUT2D eigenvalue weighted by molar-refractivity contribution is -0.122. The zero-order chi connectivity index (χ0) is 13.1. The van der Waals surface area contributed by atoms with Crippen LogP contribution in [0.15, 0.2) is 18.2 Å². The third-order valence-electron chi connectivity index (χ3n) is 2.18. The van der Waals surface area contributed by atoms with Crippen molar-refractivity contribution in [1.29, 1.82) is 0 Å². The van der Waals surface area contributed by atoms with Gasteiger partial charge in [0.1, 0.15) is 0 Å². The van der Waals surface area contributed by atoms with E-state index in [4.69, 9.17) is 23.2 Å². The maximum absolute atomic E-state index is 11.6. The van der Waals surface area contributed by atoms with E-state index in [1.165, 1.54) is 0 Å². The number of amides is 1. The van der Waals surface area contributed by atoms with E-state index in [1.54, 1.807) is 12.1 Å². The SMILES string of the molecule is CC(C)(C)CC(=O)NCc1ccc(Cl)cc1Cl. The Morgan fingerprint density at radius 2 is 1.94 bits per heavy atom. The third-order valence-corrected chi connectivity index (χ3v) is 2.77. The summed E-state index contributed by atoms with van der Waals surface area (Å²) in [4.78, 5) is 11.6. The highest BCUT2D eigenvalue weighted by molar-refractivity contribution is 6.35. The lowest BCUT2D eigenvalue weighted by atomic mass is 9.92. The smallest absolute Gasteiger partial charge is 0.220 e. The molecule has 1 N–H and O–H groups in total. The van der Waals surface area contributed by atoms with Crippen molar-refractivity contribution in [3.8, 4) is 0 Å². The van der Waals surface area contributed by atoms with E-state index < -0.39 is 0 Å². The molecule has 0 saturated heterocycles. The fourth-order valence-electron chi connectivity index (χ4n) is 1.40. The minimum absolute atomic E-state index is 0.00608. The number of carbonyl (C=O) groups is 1. The van der Waals surface area contributed by atoms with Crippen LogP contribution in [0.2, 0.25) is 10.0 Å². The second-order valence-electron chi connectivity index (χ2n) is 5.25. The van der Waals surface area contributed by atoms with Gasteiger partial charge in [-0.3, -0.25) is 4.79 Å². The van der Waals surface area contributed by atoms with Gasteiger partial charge in [-0.2, -0.15) is 0 Å². The zero-order valence-corrected chi connectivity index (χ0v) is 11.8. The molecule has 2 nitrogen and oxygen atoms in total. The number of nitrogens with one attached hydrogen (secondary N) is 1. The average Bonchev–Trinajstić information content (AvgIpc) is 2.13. The van der Waals surface area contributed by atoms with Crippen molar-refractivity contribution in [1.82, 2.24) is 5.32 Å². The van der Waals surface area contributed by atoms with E-state index in [1.807, 2.05) is 26.8 Å². The Kier molecular flexibility index (Phi) is 4.84. The Bertz CT molecular complexity index is 410. The molecule has 94 valence electrons. The van der Waals surface area contributed by atoms with Crippen LogP contribution in [0.25, 0.3) is 0 Å². The fourth-order valence-corrected chi connectivity index (χ4v) is 1.88. The number of benzene rings is 1. The quantitative estimate of drug-likeness (QED) is 0.885. The maximum Gasteiger partial charge on any atom is 0.220 e. The Hall–Kier alpha value is -0.730. The molecule has 0 heterocycles. The summed E-state index contributed by atoms with van der Waals surface area (Å²) < 4.78 is 0. The summed E-state index contributed by atoms with van der Waals surface area (Å²) in [5.74, 6) is 0.0310. The van der Waals surface area contributed by atoms with Gasteiger partial charge in [-0.15, -0.1) is 0 Å². The first-order valence-corrected chi connectivity index (χ1v) is 6.24. The van der Waals surface area contributed by atoms with Gasteiger partial charge >= 0.3 is 0 Å². The minimum Gasteiger partial charge on any atom is -0.352 e. The van der Waals surface area contributed by atoms with Crippen molar-refractivity contribution in [2.45, 2.75) is 33.7 Å².